The van der Waals surface area contributed by atoms with Gasteiger partial charge in [0.2, 0.25) is 0 Å². The Morgan fingerprint density at radius 1 is 1.16 bits per heavy atom. The molecule has 19 heavy (non-hydrogen) atoms. The summed E-state index contributed by atoms with van der Waals surface area (Å²) < 4.78 is 33.4. The van der Waals surface area contributed by atoms with Gasteiger partial charge in [-0.1, -0.05) is 26.0 Å². The molecule has 0 atom stereocenters. The molecule has 1 aliphatic rings. The van der Waals surface area contributed by atoms with E-state index in [1.54, 1.807) is 12.1 Å². The van der Waals surface area contributed by atoms with Gasteiger partial charge in [0.1, 0.15) is 0 Å². The molecule has 5 nitrogen and oxygen atoms in total. The molecule has 1 aromatic rings. The molecule has 106 valence electrons. The first-order valence-electron chi connectivity index (χ1n) is 6.44. The van der Waals surface area contributed by atoms with Crippen LogP contribution in [-0.4, -0.2) is 39.0 Å². The van der Waals surface area contributed by atoms with Crippen molar-refractivity contribution in [3.05, 3.63) is 29.8 Å². The molecular formula is C13H20N2O3S. The van der Waals surface area contributed by atoms with Crippen molar-refractivity contribution in [3.8, 4) is 0 Å². The number of morpholine rings is 1. The number of ether oxygens (including phenoxy) is 1. The Labute approximate surface area is 114 Å². The highest BCUT2D eigenvalue weighted by Gasteiger charge is 2.23. The Bertz CT molecular complexity index is 505. The maximum atomic E-state index is 12.1. The monoisotopic (exact) mass is 284 g/mol. The zero-order valence-corrected chi connectivity index (χ0v) is 12.1. The first-order chi connectivity index (χ1) is 8.99. The van der Waals surface area contributed by atoms with Crippen molar-refractivity contribution in [1.82, 2.24) is 4.31 Å². The fourth-order valence-corrected chi connectivity index (χ4v) is 3.13. The SMILES string of the molecule is CC(C)c1ccc(NS(=O)(=O)N2CCOCC2)cc1. The number of rotatable bonds is 4. The Balaban J connectivity index is 2.06. The van der Waals surface area contributed by atoms with Crippen molar-refractivity contribution in [2.45, 2.75) is 19.8 Å². The number of nitrogens with one attached hydrogen (secondary N) is 1. The minimum atomic E-state index is -3.47. The van der Waals surface area contributed by atoms with Crippen LogP contribution in [-0.2, 0) is 14.9 Å². The number of hydrogen-bond donors (Lipinski definition) is 1. The van der Waals surface area contributed by atoms with E-state index >= 15 is 0 Å². The van der Waals surface area contributed by atoms with Gasteiger partial charge in [0.15, 0.2) is 0 Å². The van der Waals surface area contributed by atoms with Crippen molar-refractivity contribution in [2.75, 3.05) is 31.0 Å². The maximum Gasteiger partial charge on any atom is 0.301 e. The molecule has 0 aliphatic carbocycles. The predicted molar refractivity (Wildman–Crippen MR) is 75.5 cm³/mol. The summed E-state index contributed by atoms with van der Waals surface area (Å²) in [7, 11) is -3.47. The van der Waals surface area contributed by atoms with E-state index < -0.39 is 10.2 Å². The molecule has 1 fully saturated rings. The van der Waals surface area contributed by atoms with E-state index in [9.17, 15) is 8.42 Å². The summed E-state index contributed by atoms with van der Waals surface area (Å²) in [6.07, 6.45) is 0. The van der Waals surface area contributed by atoms with Crippen molar-refractivity contribution in [1.29, 1.82) is 0 Å². The fourth-order valence-electron chi connectivity index (χ4n) is 1.94. The lowest BCUT2D eigenvalue weighted by atomic mass is 10.0. The number of nitrogens with zero attached hydrogens (tertiary/aromatic N) is 1. The van der Waals surface area contributed by atoms with Gasteiger partial charge in [0.25, 0.3) is 0 Å². The Morgan fingerprint density at radius 3 is 2.26 bits per heavy atom. The summed E-state index contributed by atoms with van der Waals surface area (Å²) >= 11 is 0. The van der Waals surface area contributed by atoms with Crippen LogP contribution in [0.4, 0.5) is 5.69 Å². The smallest absolute Gasteiger partial charge is 0.301 e. The van der Waals surface area contributed by atoms with Gasteiger partial charge >= 0.3 is 10.2 Å². The van der Waals surface area contributed by atoms with Crippen LogP contribution in [0.3, 0.4) is 0 Å². The van der Waals surface area contributed by atoms with Gasteiger partial charge in [-0.05, 0) is 23.6 Å². The van der Waals surface area contributed by atoms with Crippen LogP contribution in [0.5, 0.6) is 0 Å². The van der Waals surface area contributed by atoms with Gasteiger partial charge in [-0.25, -0.2) is 0 Å². The highest BCUT2D eigenvalue weighted by atomic mass is 32.2. The fraction of sp³-hybridized carbons (Fsp3) is 0.538. The van der Waals surface area contributed by atoms with Gasteiger partial charge < -0.3 is 4.74 Å². The zero-order chi connectivity index (χ0) is 13.9. The highest BCUT2D eigenvalue weighted by molar-refractivity contribution is 7.90. The zero-order valence-electron chi connectivity index (χ0n) is 11.3. The van der Waals surface area contributed by atoms with E-state index in [0.717, 1.165) is 0 Å². The molecule has 1 aromatic carbocycles. The molecule has 1 N–H and O–H groups in total. The van der Waals surface area contributed by atoms with Gasteiger partial charge in [0.05, 0.1) is 13.2 Å². The van der Waals surface area contributed by atoms with Gasteiger partial charge in [-0.3, -0.25) is 4.72 Å². The first-order valence-corrected chi connectivity index (χ1v) is 7.88. The third kappa shape index (κ3) is 3.68. The quantitative estimate of drug-likeness (QED) is 0.917. The van der Waals surface area contributed by atoms with E-state index in [0.29, 0.717) is 37.9 Å². The van der Waals surface area contributed by atoms with Crippen LogP contribution < -0.4 is 4.72 Å². The molecule has 0 spiro atoms. The van der Waals surface area contributed by atoms with Crippen molar-refractivity contribution < 1.29 is 13.2 Å². The van der Waals surface area contributed by atoms with E-state index in [1.807, 2.05) is 12.1 Å². The standard InChI is InChI=1S/C13H20N2O3S/c1-11(2)12-3-5-13(6-4-12)14-19(16,17)15-7-9-18-10-8-15/h3-6,11,14H,7-10H2,1-2H3. The first kappa shape index (κ1) is 14.3. The topological polar surface area (TPSA) is 58.6 Å². The van der Waals surface area contributed by atoms with Crippen LogP contribution in [0.15, 0.2) is 24.3 Å². The van der Waals surface area contributed by atoms with Crippen molar-refractivity contribution in [3.63, 3.8) is 0 Å². The lowest BCUT2D eigenvalue weighted by Gasteiger charge is -2.26. The molecule has 0 aromatic heterocycles. The lowest BCUT2D eigenvalue weighted by Crippen LogP contribution is -2.43. The van der Waals surface area contributed by atoms with Crippen LogP contribution >= 0.6 is 0 Å². The molecule has 0 radical (unpaired) electrons. The summed E-state index contributed by atoms with van der Waals surface area (Å²) in [5.41, 5.74) is 1.78. The van der Waals surface area contributed by atoms with Crippen LogP contribution in [0, 0.1) is 0 Å². The largest absolute Gasteiger partial charge is 0.379 e. The third-order valence-corrected chi connectivity index (χ3v) is 4.67. The average molecular weight is 284 g/mol. The second kappa shape index (κ2) is 5.90. The van der Waals surface area contributed by atoms with Gasteiger partial charge in [-0.2, -0.15) is 12.7 Å². The summed E-state index contributed by atoms with van der Waals surface area (Å²) in [5, 5.41) is 0. The number of hydrogen-bond acceptors (Lipinski definition) is 3. The van der Waals surface area contributed by atoms with E-state index in [2.05, 4.69) is 18.6 Å². The molecule has 1 heterocycles. The lowest BCUT2D eigenvalue weighted by molar-refractivity contribution is 0.0733. The number of benzene rings is 1. The van der Waals surface area contributed by atoms with Crippen LogP contribution in [0.1, 0.15) is 25.3 Å². The molecule has 1 saturated heterocycles. The Morgan fingerprint density at radius 2 is 1.74 bits per heavy atom. The van der Waals surface area contributed by atoms with E-state index in [-0.39, 0.29) is 0 Å². The molecule has 0 amide bonds. The van der Waals surface area contributed by atoms with Gasteiger partial charge in [-0.15, -0.1) is 0 Å². The molecule has 1 aliphatic heterocycles. The van der Waals surface area contributed by atoms with Crippen molar-refractivity contribution >= 4 is 15.9 Å². The summed E-state index contributed by atoms with van der Waals surface area (Å²) in [5.74, 6) is 0.435. The molecule has 0 saturated carbocycles. The summed E-state index contributed by atoms with van der Waals surface area (Å²) in [4.78, 5) is 0. The molecule has 0 bridgehead atoms. The maximum absolute atomic E-state index is 12.1. The molecule has 6 heteroatoms. The van der Waals surface area contributed by atoms with E-state index in [1.165, 1.54) is 9.87 Å². The van der Waals surface area contributed by atoms with Gasteiger partial charge in [0, 0.05) is 18.8 Å². The summed E-state index contributed by atoms with van der Waals surface area (Å²) in [6.45, 7) is 5.92. The molecular weight excluding hydrogens is 264 g/mol. The van der Waals surface area contributed by atoms with Crippen LogP contribution in [0.25, 0.3) is 0 Å². The second-order valence-corrected chi connectivity index (χ2v) is 6.57. The Hall–Kier alpha value is -1.11. The normalized spacial score (nSPS) is 17.6. The predicted octanol–water partition coefficient (Wildman–Crippen LogP) is 1.80. The minimum absolute atomic E-state index is 0.402. The minimum Gasteiger partial charge on any atom is -0.379 e. The molecule has 0 unspecified atom stereocenters. The third-order valence-electron chi connectivity index (χ3n) is 3.13. The van der Waals surface area contributed by atoms with Crippen LogP contribution in [0.2, 0.25) is 0 Å². The van der Waals surface area contributed by atoms with E-state index in [4.69, 9.17) is 4.74 Å². The van der Waals surface area contributed by atoms with Crippen molar-refractivity contribution in [2.24, 2.45) is 0 Å². The highest BCUT2D eigenvalue weighted by Crippen LogP contribution is 2.18. The second-order valence-electron chi connectivity index (χ2n) is 4.90. The Kier molecular flexibility index (Phi) is 4.44. The average Bonchev–Trinajstić information content (AvgIpc) is 2.40. The molecule has 2 rings (SSSR count). The number of anilines is 1. The summed E-state index contributed by atoms with van der Waals surface area (Å²) in [6, 6.07) is 7.49.